The number of nitrogens with one attached hydrogen (secondary N) is 1. The third-order valence-corrected chi connectivity index (χ3v) is 4.48. The van der Waals surface area contributed by atoms with E-state index in [2.05, 4.69) is 29.0 Å². The second kappa shape index (κ2) is 22.9. The van der Waals surface area contributed by atoms with E-state index in [0.717, 1.165) is 57.1 Å². The molecular formula is C22H44FN3O5. The van der Waals surface area contributed by atoms with Crippen molar-refractivity contribution in [2.24, 2.45) is 5.73 Å². The number of likely N-dealkylation sites (N-methyl/N-ethyl adjacent to an activating group) is 1. The van der Waals surface area contributed by atoms with Gasteiger partial charge in [-0.1, -0.05) is 30.7 Å². The van der Waals surface area contributed by atoms with E-state index in [1.807, 2.05) is 25.2 Å². The van der Waals surface area contributed by atoms with Crippen molar-refractivity contribution in [3.8, 4) is 0 Å². The third-order valence-electron chi connectivity index (χ3n) is 4.48. The van der Waals surface area contributed by atoms with Crippen LogP contribution in [0.2, 0.25) is 0 Å². The van der Waals surface area contributed by atoms with Crippen LogP contribution in [-0.2, 0) is 9.47 Å². The lowest BCUT2D eigenvalue weighted by molar-refractivity contribution is 0.216. The van der Waals surface area contributed by atoms with Crippen LogP contribution in [0.15, 0.2) is 47.5 Å². The van der Waals surface area contributed by atoms with Gasteiger partial charge in [-0.15, -0.1) is 0 Å². The number of methoxy groups -OCH3 is 2. The molecule has 0 aromatic rings. The SMILES string of the molecule is C/C=C(OC)\C(=C/CN(CC)CCNCCCC1=CCC(F)C=C1)OC.NCO.O.O. The zero-order valence-electron chi connectivity index (χ0n) is 19.5. The minimum absolute atomic E-state index is 0. The molecule has 0 aliphatic heterocycles. The number of nitrogens with two attached hydrogens (primary N) is 1. The van der Waals surface area contributed by atoms with E-state index in [1.54, 1.807) is 20.3 Å². The van der Waals surface area contributed by atoms with E-state index in [0.29, 0.717) is 6.42 Å². The largest absolute Gasteiger partial charge is 0.493 e. The zero-order valence-corrected chi connectivity index (χ0v) is 19.5. The third kappa shape index (κ3) is 16.6. The van der Waals surface area contributed by atoms with Crippen LogP contribution in [0.4, 0.5) is 4.39 Å². The number of aliphatic hydroxyl groups excluding tert-OH is 1. The fraction of sp³-hybridized carbons (Fsp3) is 0.636. The van der Waals surface area contributed by atoms with E-state index in [1.165, 1.54) is 5.57 Å². The van der Waals surface area contributed by atoms with Crippen LogP contribution >= 0.6 is 0 Å². The summed E-state index contributed by atoms with van der Waals surface area (Å²) < 4.78 is 23.7. The lowest BCUT2D eigenvalue weighted by Crippen LogP contribution is -2.32. The Morgan fingerprint density at radius 2 is 1.94 bits per heavy atom. The second-order valence-electron chi connectivity index (χ2n) is 6.45. The van der Waals surface area contributed by atoms with Gasteiger partial charge in [0.2, 0.25) is 0 Å². The summed E-state index contributed by atoms with van der Waals surface area (Å²) in [6.45, 7) is 8.56. The molecule has 0 bridgehead atoms. The van der Waals surface area contributed by atoms with Gasteiger partial charge in [-0.25, -0.2) is 4.39 Å². The van der Waals surface area contributed by atoms with Gasteiger partial charge < -0.3 is 36.6 Å². The van der Waals surface area contributed by atoms with Crippen LogP contribution in [0.3, 0.4) is 0 Å². The Bertz CT molecular complexity index is 539. The maximum atomic E-state index is 13.0. The quantitative estimate of drug-likeness (QED) is 0.167. The molecule has 0 radical (unpaired) electrons. The smallest absolute Gasteiger partial charge is 0.157 e. The van der Waals surface area contributed by atoms with Crippen molar-refractivity contribution in [3.05, 3.63) is 47.5 Å². The molecule has 0 amide bonds. The Labute approximate surface area is 186 Å². The van der Waals surface area contributed by atoms with Gasteiger partial charge in [-0.2, -0.15) is 0 Å². The Balaban J connectivity index is -0.00000148. The number of alkyl halides is 1. The average Bonchev–Trinajstić information content (AvgIpc) is 2.73. The number of hydrogen-bond donors (Lipinski definition) is 3. The molecule has 1 atom stereocenters. The summed E-state index contributed by atoms with van der Waals surface area (Å²) >= 11 is 0. The molecule has 0 heterocycles. The van der Waals surface area contributed by atoms with Gasteiger partial charge in [0.05, 0.1) is 21.0 Å². The average molecular weight is 450 g/mol. The standard InChI is InChI=1S/C21H35FN2O2.CH5NO.2H2O/c1-5-20(25-3)21(26-4)13-16-24(6-2)17-15-23-14-7-8-18-9-11-19(22)12-10-18;2-1-3;;/h5,9-11,13,19,23H,6-8,12,14-17H2,1-4H3;3H,1-2H2;2*1H2/b20-5+,21-13+;;;. The minimum Gasteiger partial charge on any atom is -0.493 e. The maximum Gasteiger partial charge on any atom is 0.157 e. The molecule has 8 N–H and O–H groups in total. The number of aliphatic hydroxyl groups is 1. The van der Waals surface area contributed by atoms with Crippen LogP contribution in [0.5, 0.6) is 0 Å². The fourth-order valence-electron chi connectivity index (χ4n) is 2.84. The first kappa shape index (κ1) is 33.9. The molecule has 184 valence electrons. The summed E-state index contributed by atoms with van der Waals surface area (Å²) in [5, 5.41) is 10.8. The van der Waals surface area contributed by atoms with Gasteiger partial charge in [0.25, 0.3) is 0 Å². The lowest BCUT2D eigenvalue weighted by Gasteiger charge is -2.20. The molecule has 8 nitrogen and oxygen atoms in total. The summed E-state index contributed by atoms with van der Waals surface area (Å²) in [5.74, 6) is 1.53. The van der Waals surface area contributed by atoms with Crippen LogP contribution in [0.25, 0.3) is 0 Å². The molecule has 0 aromatic carbocycles. The van der Waals surface area contributed by atoms with Gasteiger partial charge in [-0.3, -0.25) is 4.90 Å². The zero-order chi connectivity index (χ0) is 21.9. The number of nitrogens with zero attached hydrogens (tertiary/aromatic N) is 1. The van der Waals surface area contributed by atoms with Crippen molar-refractivity contribution < 1.29 is 29.9 Å². The predicted molar refractivity (Wildman–Crippen MR) is 125 cm³/mol. The second-order valence-corrected chi connectivity index (χ2v) is 6.45. The van der Waals surface area contributed by atoms with E-state index >= 15 is 0 Å². The highest BCUT2D eigenvalue weighted by Gasteiger charge is 2.07. The highest BCUT2D eigenvalue weighted by molar-refractivity contribution is 5.24. The van der Waals surface area contributed by atoms with Crippen molar-refractivity contribution in [1.29, 1.82) is 0 Å². The Morgan fingerprint density at radius 3 is 2.42 bits per heavy atom. The summed E-state index contributed by atoms with van der Waals surface area (Å²) in [6.07, 6.45) is 11.4. The van der Waals surface area contributed by atoms with Crippen molar-refractivity contribution in [3.63, 3.8) is 0 Å². The Kier molecular flexibility index (Phi) is 25.1. The lowest BCUT2D eigenvalue weighted by atomic mass is 10.0. The van der Waals surface area contributed by atoms with Gasteiger partial charge in [0.1, 0.15) is 6.17 Å². The van der Waals surface area contributed by atoms with Crippen LogP contribution in [-0.4, -0.2) is 80.8 Å². The number of allylic oxidation sites excluding steroid dienone is 5. The molecule has 0 aromatic heterocycles. The topological polar surface area (TPSA) is 143 Å². The van der Waals surface area contributed by atoms with Crippen molar-refractivity contribution in [2.75, 3.05) is 53.7 Å². The molecule has 0 saturated heterocycles. The van der Waals surface area contributed by atoms with Crippen molar-refractivity contribution in [2.45, 2.75) is 39.3 Å². The fourth-order valence-corrected chi connectivity index (χ4v) is 2.84. The summed E-state index contributed by atoms with van der Waals surface area (Å²) in [6, 6.07) is 0. The van der Waals surface area contributed by atoms with Gasteiger partial charge in [-0.05, 0) is 45.0 Å². The molecule has 1 rings (SSSR count). The number of halogens is 1. The molecule has 1 aliphatic carbocycles. The molecule has 9 heteroatoms. The number of hydrogen-bond acceptors (Lipinski definition) is 6. The highest BCUT2D eigenvalue weighted by Crippen LogP contribution is 2.16. The van der Waals surface area contributed by atoms with Crippen LogP contribution in [0, 0.1) is 0 Å². The normalized spacial score (nSPS) is 15.9. The van der Waals surface area contributed by atoms with Gasteiger partial charge >= 0.3 is 0 Å². The van der Waals surface area contributed by atoms with Crippen molar-refractivity contribution in [1.82, 2.24) is 10.2 Å². The monoisotopic (exact) mass is 449 g/mol. The van der Waals surface area contributed by atoms with E-state index < -0.39 is 6.17 Å². The molecule has 1 aliphatic rings. The molecule has 31 heavy (non-hydrogen) atoms. The van der Waals surface area contributed by atoms with Gasteiger partial charge in [0.15, 0.2) is 11.5 Å². The first-order chi connectivity index (χ1) is 14.1. The summed E-state index contributed by atoms with van der Waals surface area (Å²) in [7, 11) is 3.32. The van der Waals surface area contributed by atoms with Crippen LogP contribution < -0.4 is 11.1 Å². The molecule has 0 saturated carbocycles. The van der Waals surface area contributed by atoms with E-state index in [-0.39, 0.29) is 17.7 Å². The minimum atomic E-state index is -0.794. The van der Waals surface area contributed by atoms with E-state index in [4.69, 9.17) is 14.6 Å². The Hall–Kier alpha value is -1.75. The van der Waals surface area contributed by atoms with E-state index in [9.17, 15) is 4.39 Å². The molecular weight excluding hydrogens is 405 g/mol. The molecule has 1 unspecified atom stereocenters. The molecule has 0 spiro atoms. The summed E-state index contributed by atoms with van der Waals surface area (Å²) in [4.78, 5) is 2.35. The van der Waals surface area contributed by atoms with Crippen molar-refractivity contribution >= 4 is 0 Å². The first-order valence-corrected chi connectivity index (χ1v) is 10.3. The van der Waals surface area contributed by atoms with Crippen LogP contribution in [0.1, 0.15) is 33.1 Å². The van der Waals surface area contributed by atoms with Gasteiger partial charge in [0, 0.05) is 26.1 Å². The molecule has 0 fully saturated rings. The number of ether oxygens (including phenoxy) is 2. The maximum absolute atomic E-state index is 13.0. The summed E-state index contributed by atoms with van der Waals surface area (Å²) in [5.41, 5.74) is 5.66. The first-order valence-electron chi connectivity index (χ1n) is 10.3. The number of rotatable bonds is 13. The predicted octanol–water partition coefficient (Wildman–Crippen LogP) is 1.23. The highest BCUT2D eigenvalue weighted by atomic mass is 19.1. The Morgan fingerprint density at radius 1 is 1.29 bits per heavy atom.